The number of aryl methyl sites for hydroxylation is 1. The average molecular weight is 213 g/mol. The van der Waals surface area contributed by atoms with Gasteiger partial charge in [0.2, 0.25) is 0 Å². The minimum absolute atomic E-state index is 0.924. The van der Waals surface area contributed by atoms with Crippen molar-refractivity contribution in [1.29, 1.82) is 0 Å². The van der Waals surface area contributed by atoms with Crippen molar-refractivity contribution < 1.29 is 0 Å². The van der Waals surface area contributed by atoms with E-state index in [1.54, 1.807) is 0 Å². The van der Waals surface area contributed by atoms with Gasteiger partial charge in [0.05, 0.1) is 6.54 Å². The van der Waals surface area contributed by atoms with Crippen molar-refractivity contribution in [2.45, 2.75) is 26.2 Å². The Hall–Kier alpha value is -1.26. The summed E-state index contributed by atoms with van der Waals surface area (Å²) in [6.45, 7) is 5.48. The van der Waals surface area contributed by atoms with Crippen molar-refractivity contribution in [3.8, 4) is 11.8 Å². The molecule has 16 heavy (non-hydrogen) atoms. The minimum atomic E-state index is 0.924. The van der Waals surface area contributed by atoms with E-state index in [0.717, 1.165) is 12.1 Å². The zero-order valence-corrected chi connectivity index (χ0v) is 10.00. The van der Waals surface area contributed by atoms with E-state index in [0.29, 0.717) is 0 Å². The smallest absolute Gasteiger partial charge is 0.0605 e. The van der Waals surface area contributed by atoms with E-state index in [1.807, 2.05) is 0 Å². The fourth-order valence-electron chi connectivity index (χ4n) is 2.01. The van der Waals surface area contributed by atoms with Crippen LogP contribution in [0.2, 0.25) is 0 Å². The second-order valence-electron chi connectivity index (χ2n) is 4.50. The van der Waals surface area contributed by atoms with Gasteiger partial charge in [-0.05, 0) is 45.0 Å². The van der Waals surface area contributed by atoms with Gasteiger partial charge < -0.3 is 0 Å². The summed E-state index contributed by atoms with van der Waals surface area (Å²) in [6, 6.07) is 8.42. The second kappa shape index (κ2) is 5.72. The lowest BCUT2D eigenvalue weighted by Gasteiger charge is -2.23. The van der Waals surface area contributed by atoms with Gasteiger partial charge in [0.25, 0.3) is 0 Å². The maximum atomic E-state index is 3.27. The van der Waals surface area contributed by atoms with Crippen LogP contribution >= 0.6 is 0 Å². The lowest BCUT2D eigenvalue weighted by atomic mass is 10.1. The van der Waals surface area contributed by atoms with Crippen molar-refractivity contribution in [2.75, 3.05) is 19.6 Å². The molecule has 0 aliphatic carbocycles. The highest BCUT2D eigenvalue weighted by Gasteiger charge is 2.07. The molecule has 1 heterocycles. The third-order valence-corrected chi connectivity index (χ3v) is 3.04. The topological polar surface area (TPSA) is 3.24 Å². The van der Waals surface area contributed by atoms with Crippen LogP contribution in [-0.4, -0.2) is 24.5 Å². The molecule has 0 N–H and O–H groups in total. The molecule has 1 fully saturated rings. The monoisotopic (exact) mass is 213 g/mol. The molecule has 0 amide bonds. The summed E-state index contributed by atoms with van der Waals surface area (Å²) >= 11 is 0. The van der Waals surface area contributed by atoms with Gasteiger partial charge >= 0.3 is 0 Å². The summed E-state index contributed by atoms with van der Waals surface area (Å²) in [5, 5.41) is 0. The van der Waals surface area contributed by atoms with Crippen LogP contribution in [0, 0.1) is 18.8 Å². The standard InChI is InChI=1S/C15H19N/c1-14-7-9-15(10-8-14)6-5-13-16-11-3-2-4-12-16/h7-10H,2-4,11-13H2,1H3. The van der Waals surface area contributed by atoms with Crippen LogP contribution in [0.1, 0.15) is 30.4 Å². The molecule has 0 aromatic heterocycles. The molecule has 1 aromatic rings. The van der Waals surface area contributed by atoms with Crippen molar-refractivity contribution in [3.63, 3.8) is 0 Å². The number of hydrogen-bond acceptors (Lipinski definition) is 1. The van der Waals surface area contributed by atoms with E-state index < -0.39 is 0 Å². The van der Waals surface area contributed by atoms with Crippen LogP contribution in [0.5, 0.6) is 0 Å². The van der Waals surface area contributed by atoms with Gasteiger partial charge in [0, 0.05) is 5.56 Å². The van der Waals surface area contributed by atoms with Gasteiger partial charge in [-0.15, -0.1) is 0 Å². The molecule has 1 aromatic carbocycles. The average Bonchev–Trinajstić information content (AvgIpc) is 2.33. The molecule has 2 rings (SSSR count). The Kier molecular flexibility index (Phi) is 4.02. The molecule has 1 aliphatic rings. The molecule has 0 atom stereocenters. The van der Waals surface area contributed by atoms with E-state index in [4.69, 9.17) is 0 Å². The summed E-state index contributed by atoms with van der Waals surface area (Å²) in [5.74, 6) is 6.49. The Morgan fingerprint density at radius 3 is 2.44 bits per heavy atom. The van der Waals surface area contributed by atoms with Crippen molar-refractivity contribution in [3.05, 3.63) is 35.4 Å². The molecule has 84 valence electrons. The molecule has 1 heteroatoms. The molecule has 0 bridgehead atoms. The zero-order valence-electron chi connectivity index (χ0n) is 10.00. The van der Waals surface area contributed by atoms with Crippen LogP contribution in [0.3, 0.4) is 0 Å². The Balaban J connectivity index is 1.87. The summed E-state index contributed by atoms with van der Waals surface area (Å²) < 4.78 is 0. The van der Waals surface area contributed by atoms with Crippen molar-refractivity contribution in [1.82, 2.24) is 4.90 Å². The first kappa shape index (κ1) is 11.2. The lowest BCUT2D eigenvalue weighted by Crippen LogP contribution is -2.29. The van der Waals surface area contributed by atoms with Crippen LogP contribution in [0.25, 0.3) is 0 Å². The number of benzene rings is 1. The first-order chi connectivity index (χ1) is 7.84. The minimum Gasteiger partial charge on any atom is -0.292 e. The van der Waals surface area contributed by atoms with E-state index in [2.05, 4.69) is 47.9 Å². The summed E-state index contributed by atoms with van der Waals surface area (Å²) in [7, 11) is 0. The Bertz CT molecular complexity index is 374. The normalized spacial score (nSPS) is 16.6. The van der Waals surface area contributed by atoms with Gasteiger partial charge in [-0.25, -0.2) is 0 Å². The van der Waals surface area contributed by atoms with Gasteiger partial charge in [-0.2, -0.15) is 0 Å². The number of piperidine rings is 1. The zero-order chi connectivity index (χ0) is 11.2. The maximum Gasteiger partial charge on any atom is 0.0605 e. The third kappa shape index (κ3) is 3.40. The predicted molar refractivity (Wildman–Crippen MR) is 68.3 cm³/mol. The number of likely N-dealkylation sites (tertiary alicyclic amines) is 1. The molecular weight excluding hydrogens is 194 g/mol. The highest BCUT2D eigenvalue weighted by Crippen LogP contribution is 2.07. The van der Waals surface area contributed by atoms with Gasteiger partial charge in [0.15, 0.2) is 0 Å². The fraction of sp³-hybridized carbons (Fsp3) is 0.467. The largest absolute Gasteiger partial charge is 0.292 e. The Labute approximate surface area is 98.5 Å². The van der Waals surface area contributed by atoms with E-state index in [1.165, 1.54) is 37.9 Å². The first-order valence-corrected chi connectivity index (χ1v) is 6.12. The molecule has 0 spiro atoms. The van der Waals surface area contributed by atoms with E-state index in [-0.39, 0.29) is 0 Å². The summed E-state index contributed by atoms with van der Waals surface area (Å²) in [4.78, 5) is 2.45. The number of hydrogen-bond donors (Lipinski definition) is 0. The lowest BCUT2D eigenvalue weighted by molar-refractivity contribution is 0.255. The second-order valence-corrected chi connectivity index (χ2v) is 4.50. The SMILES string of the molecule is Cc1ccc(C#CCN2CCCCC2)cc1. The predicted octanol–water partition coefficient (Wildman–Crippen LogP) is 2.83. The van der Waals surface area contributed by atoms with E-state index >= 15 is 0 Å². The van der Waals surface area contributed by atoms with Gasteiger partial charge in [0.1, 0.15) is 0 Å². The van der Waals surface area contributed by atoms with Crippen LogP contribution in [-0.2, 0) is 0 Å². The quantitative estimate of drug-likeness (QED) is 0.648. The van der Waals surface area contributed by atoms with Gasteiger partial charge in [-0.1, -0.05) is 36.0 Å². The van der Waals surface area contributed by atoms with Crippen LogP contribution < -0.4 is 0 Å². The number of nitrogens with zero attached hydrogens (tertiary/aromatic N) is 1. The molecule has 1 nitrogen and oxygen atoms in total. The summed E-state index contributed by atoms with van der Waals surface area (Å²) in [6.07, 6.45) is 4.07. The van der Waals surface area contributed by atoms with Crippen LogP contribution in [0.15, 0.2) is 24.3 Å². The Morgan fingerprint density at radius 1 is 1.06 bits per heavy atom. The molecule has 1 aliphatic heterocycles. The Morgan fingerprint density at radius 2 is 1.75 bits per heavy atom. The molecule has 0 radical (unpaired) electrons. The molecule has 0 unspecified atom stereocenters. The van der Waals surface area contributed by atoms with Crippen molar-refractivity contribution in [2.24, 2.45) is 0 Å². The van der Waals surface area contributed by atoms with Crippen LogP contribution in [0.4, 0.5) is 0 Å². The van der Waals surface area contributed by atoms with E-state index in [9.17, 15) is 0 Å². The first-order valence-electron chi connectivity index (χ1n) is 6.12. The molecule has 1 saturated heterocycles. The van der Waals surface area contributed by atoms with Gasteiger partial charge in [-0.3, -0.25) is 4.90 Å². The maximum absolute atomic E-state index is 3.27. The highest BCUT2D eigenvalue weighted by atomic mass is 15.1. The summed E-state index contributed by atoms with van der Waals surface area (Å²) in [5.41, 5.74) is 2.42. The molecule has 0 saturated carbocycles. The highest BCUT2D eigenvalue weighted by molar-refractivity contribution is 5.35. The van der Waals surface area contributed by atoms with Crippen molar-refractivity contribution >= 4 is 0 Å². The molecular formula is C15H19N. The number of rotatable bonds is 1. The third-order valence-electron chi connectivity index (χ3n) is 3.04. The fourth-order valence-corrected chi connectivity index (χ4v) is 2.01.